The van der Waals surface area contributed by atoms with Gasteiger partial charge in [0.25, 0.3) is 0 Å². The molecule has 1 aromatic carbocycles. The molecule has 5 atom stereocenters. The van der Waals surface area contributed by atoms with E-state index in [4.69, 9.17) is 4.74 Å². The van der Waals surface area contributed by atoms with Crippen LogP contribution in [0, 0.1) is 11.8 Å². The Morgan fingerprint density at radius 3 is 2.81 bits per heavy atom. The Hall–Kier alpha value is -1.58. The number of hydrogen-bond acceptors (Lipinski definition) is 2. The van der Waals surface area contributed by atoms with Crippen molar-refractivity contribution < 1.29 is 13.9 Å². The molecule has 2 saturated heterocycles. The molecule has 0 radical (unpaired) electrons. The molecule has 5 unspecified atom stereocenters. The Morgan fingerprint density at radius 2 is 2.00 bits per heavy atom. The van der Waals surface area contributed by atoms with Crippen LogP contribution in [-0.4, -0.2) is 29.2 Å². The molecule has 0 aromatic heterocycles. The first-order chi connectivity index (χ1) is 10.2. The Bertz CT molecular complexity index is 535. The second-order valence-electron chi connectivity index (χ2n) is 6.68. The quantitative estimate of drug-likeness (QED) is 0.833. The number of nitrogens with zero attached hydrogens (tertiary/aromatic N) is 1. The zero-order valence-corrected chi connectivity index (χ0v) is 12.0. The predicted molar refractivity (Wildman–Crippen MR) is 76.4 cm³/mol. The summed E-state index contributed by atoms with van der Waals surface area (Å²) >= 11 is 0. The van der Waals surface area contributed by atoms with Gasteiger partial charge in [-0.15, -0.1) is 0 Å². The largest absolute Gasteiger partial charge is 0.445 e. The normalized spacial score (nSPS) is 36.8. The summed E-state index contributed by atoms with van der Waals surface area (Å²) in [5.74, 6) is 0.787. The minimum Gasteiger partial charge on any atom is -0.445 e. The number of rotatable bonds is 2. The van der Waals surface area contributed by atoms with E-state index in [9.17, 15) is 9.18 Å². The maximum Gasteiger partial charge on any atom is 0.410 e. The lowest BCUT2D eigenvalue weighted by molar-refractivity contribution is -0.0995. The molecular weight excluding hydrogens is 269 g/mol. The smallest absolute Gasteiger partial charge is 0.410 e. The van der Waals surface area contributed by atoms with Crippen molar-refractivity contribution in [1.29, 1.82) is 0 Å². The van der Waals surface area contributed by atoms with Gasteiger partial charge in [0.05, 0.1) is 6.04 Å². The molecule has 1 aromatic rings. The zero-order valence-electron chi connectivity index (χ0n) is 12.0. The summed E-state index contributed by atoms with van der Waals surface area (Å²) in [4.78, 5) is 14.1. The van der Waals surface area contributed by atoms with Crippen LogP contribution in [0.1, 0.15) is 31.2 Å². The second kappa shape index (κ2) is 5.00. The van der Waals surface area contributed by atoms with E-state index in [2.05, 4.69) is 0 Å². The second-order valence-corrected chi connectivity index (χ2v) is 6.68. The number of carbonyl (C=O) groups is 1. The Labute approximate surface area is 124 Å². The number of carbonyl (C=O) groups excluding carboxylic acids is 1. The standard InChI is InChI=1S/C17H20FNO2/c18-16-13-6-12-7-14(9-13)19(15(16)8-12)17(20)21-10-11-4-2-1-3-5-11/h1-5,12-16H,6-10H2. The van der Waals surface area contributed by atoms with E-state index >= 15 is 0 Å². The molecule has 4 aliphatic rings. The van der Waals surface area contributed by atoms with Crippen molar-refractivity contribution in [2.24, 2.45) is 11.8 Å². The van der Waals surface area contributed by atoms with Crippen LogP contribution in [0.2, 0.25) is 0 Å². The molecule has 4 heteroatoms. The summed E-state index contributed by atoms with van der Waals surface area (Å²) in [6, 6.07) is 9.58. The third-order valence-corrected chi connectivity index (χ3v) is 5.38. The summed E-state index contributed by atoms with van der Waals surface area (Å²) in [5, 5.41) is 0. The lowest BCUT2D eigenvalue weighted by Crippen LogP contribution is -2.65. The van der Waals surface area contributed by atoms with Gasteiger partial charge in [0.2, 0.25) is 0 Å². The first-order valence-electron chi connectivity index (χ1n) is 7.85. The van der Waals surface area contributed by atoms with Crippen LogP contribution in [0.15, 0.2) is 30.3 Å². The molecule has 3 nitrogen and oxygen atoms in total. The number of amides is 1. The molecule has 4 fully saturated rings. The van der Waals surface area contributed by atoms with Crippen molar-refractivity contribution in [1.82, 2.24) is 4.90 Å². The lowest BCUT2D eigenvalue weighted by Gasteiger charge is -2.57. The van der Waals surface area contributed by atoms with Crippen LogP contribution in [-0.2, 0) is 11.3 Å². The van der Waals surface area contributed by atoms with Gasteiger partial charge in [-0.2, -0.15) is 0 Å². The maximum absolute atomic E-state index is 14.4. The fourth-order valence-corrected chi connectivity index (χ4v) is 4.53. The van der Waals surface area contributed by atoms with Crippen LogP contribution in [0.3, 0.4) is 0 Å². The predicted octanol–water partition coefficient (Wildman–Crippen LogP) is 3.53. The number of piperidine rings is 2. The molecule has 2 aliphatic heterocycles. The van der Waals surface area contributed by atoms with Gasteiger partial charge in [-0.25, -0.2) is 9.18 Å². The highest BCUT2D eigenvalue weighted by atomic mass is 19.1. The first-order valence-corrected chi connectivity index (χ1v) is 7.85. The Morgan fingerprint density at radius 1 is 1.19 bits per heavy atom. The third-order valence-electron chi connectivity index (χ3n) is 5.38. The lowest BCUT2D eigenvalue weighted by atomic mass is 9.63. The van der Waals surface area contributed by atoms with Gasteiger partial charge in [-0.1, -0.05) is 30.3 Å². The van der Waals surface area contributed by atoms with Gasteiger partial charge in [0, 0.05) is 6.04 Å². The van der Waals surface area contributed by atoms with Gasteiger partial charge in [-0.05, 0) is 43.1 Å². The van der Waals surface area contributed by atoms with Gasteiger partial charge in [0.15, 0.2) is 0 Å². The van der Waals surface area contributed by atoms with Gasteiger partial charge in [0.1, 0.15) is 12.8 Å². The fraction of sp³-hybridized carbons (Fsp3) is 0.588. The van der Waals surface area contributed by atoms with E-state index in [0.717, 1.165) is 31.2 Å². The van der Waals surface area contributed by atoms with Gasteiger partial charge < -0.3 is 4.74 Å². The Balaban J connectivity index is 1.45. The number of alkyl halides is 1. The minimum absolute atomic E-state index is 0.172. The van der Waals surface area contributed by atoms with E-state index in [0.29, 0.717) is 5.92 Å². The minimum atomic E-state index is -0.859. The van der Waals surface area contributed by atoms with Crippen molar-refractivity contribution in [3.63, 3.8) is 0 Å². The molecule has 4 bridgehead atoms. The number of ether oxygens (including phenoxy) is 1. The average molecular weight is 289 g/mol. The summed E-state index contributed by atoms with van der Waals surface area (Å²) in [6.07, 6.45) is 2.47. The van der Waals surface area contributed by atoms with Crippen LogP contribution < -0.4 is 0 Å². The van der Waals surface area contributed by atoms with E-state index in [-0.39, 0.29) is 30.7 Å². The molecule has 2 aliphatic carbocycles. The highest BCUT2D eigenvalue weighted by Gasteiger charge is 2.54. The van der Waals surface area contributed by atoms with Crippen molar-refractivity contribution in [2.75, 3.05) is 0 Å². The molecule has 0 spiro atoms. The topological polar surface area (TPSA) is 29.5 Å². The van der Waals surface area contributed by atoms with Crippen molar-refractivity contribution in [2.45, 2.75) is 50.5 Å². The van der Waals surface area contributed by atoms with E-state index in [1.54, 1.807) is 4.90 Å². The summed E-state index contributed by atoms with van der Waals surface area (Å²) in [5.41, 5.74) is 0.965. The summed E-state index contributed by atoms with van der Waals surface area (Å²) in [6.45, 7) is 0.263. The van der Waals surface area contributed by atoms with Crippen molar-refractivity contribution >= 4 is 6.09 Å². The highest BCUT2D eigenvalue weighted by molar-refractivity contribution is 5.69. The fourth-order valence-electron chi connectivity index (χ4n) is 4.53. The van der Waals surface area contributed by atoms with Crippen LogP contribution in [0.5, 0.6) is 0 Å². The number of halogens is 1. The van der Waals surface area contributed by atoms with Crippen molar-refractivity contribution in [3.05, 3.63) is 35.9 Å². The average Bonchev–Trinajstić information content (AvgIpc) is 2.50. The van der Waals surface area contributed by atoms with Gasteiger partial charge in [-0.3, -0.25) is 4.90 Å². The van der Waals surface area contributed by atoms with E-state index in [1.807, 2.05) is 30.3 Å². The van der Waals surface area contributed by atoms with Crippen LogP contribution in [0.25, 0.3) is 0 Å². The van der Waals surface area contributed by atoms with E-state index in [1.165, 1.54) is 0 Å². The molecule has 2 heterocycles. The highest BCUT2D eigenvalue weighted by Crippen LogP contribution is 2.50. The summed E-state index contributed by atoms with van der Waals surface area (Å²) < 4.78 is 19.8. The summed E-state index contributed by atoms with van der Waals surface area (Å²) in [7, 11) is 0. The number of benzene rings is 1. The Kier molecular flexibility index (Phi) is 3.12. The van der Waals surface area contributed by atoms with Gasteiger partial charge >= 0.3 is 6.09 Å². The maximum atomic E-state index is 14.4. The molecular formula is C17H20FNO2. The molecule has 0 N–H and O–H groups in total. The van der Waals surface area contributed by atoms with Crippen molar-refractivity contribution in [3.8, 4) is 0 Å². The molecule has 1 amide bonds. The van der Waals surface area contributed by atoms with E-state index < -0.39 is 6.17 Å². The zero-order chi connectivity index (χ0) is 14.4. The SMILES string of the molecule is O=C(OCc1ccccc1)N1C2CC3CC(C2)C(F)C1C3. The monoisotopic (exact) mass is 289 g/mol. The molecule has 2 saturated carbocycles. The van der Waals surface area contributed by atoms with Crippen LogP contribution >= 0.6 is 0 Å². The third kappa shape index (κ3) is 2.21. The molecule has 21 heavy (non-hydrogen) atoms. The molecule has 112 valence electrons. The first kappa shape index (κ1) is 13.1. The van der Waals surface area contributed by atoms with Crippen LogP contribution in [0.4, 0.5) is 9.18 Å². The number of hydrogen-bond donors (Lipinski definition) is 0. The molecule has 5 rings (SSSR count).